The smallest absolute Gasteiger partial charge is 0.323 e. The number of aliphatic hydroxyl groups excluding tert-OH is 1. The van der Waals surface area contributed by atoms with Crippen molar-refractivity contribution in [3.05, 3.63) is 35.9 Å². The fourth-order valence-electron chi connectivity index (χ4n) is 4.06. The average Bonchev–Trinajstić information content (AvgIpc) is 3.03. The minimum Gasteiger partial charge on any atom is -0.462 e. The molecule has 6 nitrogen and oxygen atoms in total. The molecule has 30 heavy (non-hydrogen) atoms. The van der Waals surface area contributed by atoms with E-state index in [4.69, 9.17) is 9.47 Å². The van der Waals surface area contributed by atoms with Crippen LogP contribution in [0.1, 0.15) is 66.4 Å². The van der Waals surface area contributed by atoms with Crippen LogP contribution in [0.25, 0.3) is 0 Å². The molecular formula is C24H37NO5. The van der Waals surface area contributed by atoms with Gasteiger partial charge in [0.25, 0.3) is 0 Å². The predicted octanol–water partition coefficient (Wildman–Crippen LogP) is 3.70. The van der Waals surface area contributed by atoms with Gasteiger partial charge in [0, 0.05) is 12.6 Å². The monoisotopic (exact) mass is 419 g/mol. The normalized spacial score (nSPS) is 22.0. The quantitative estimate of drug-likeness (QED) is 0.648. The molecule has 1 fully saturated rings. The van der Waals surface area contributed by atoms with Gasteiger partial charge < -0.3 is 14.6 Å². The molecule has 0 aliphatic carbocycles. The summed E-state index contributed by atoms with van der Waals surface area (Å²) < 4.78 is 11.2. The van der Waals surface area contributed by atoms with Gasteiger partial charge in [-0.1, -0.05) is 37.3 Å². The highest BCUT2D eigenvalue weighted by Crippen LogP contribution is 2.35. The Balaban J connectivity index is 2.36. The number of benzene rings is 1. The Morgan fingerprint density at radius 2 is 1.80 bits per heavy atom. The Morgan fingerprint density at radius 3 is 2.33 bits per heavy atom. The molecule has 4 atom stereocenters. The summed E-state index contributed by atoms with van der Waals surface area (Å²) in [6, 6.07) is 9.09. The molecule has 6 heteroatoms. The number of rotatable bonds is 8. The van der Waals surface area contributed by atoms with E-state index in [-0.39, 0.29) is 18.1 Å². The third-order valence-corrected chi connectivity index (χ3v) is 5.32. The lowest BCUT2D eigenvalue weighted by Gasteiger charge is -2.36. The zero-order chi connectivity index (χ0) is 22.5. The molecule has 1 aliphatic heterocycles. The van der Waals surface area contributed by atoms with E-state index in [1.165, 1.54) is 0 Å². The van der Waals surface area contributed by atoms with Gasteiger partial charge in [-0.25, -0.2) is 0 Å². The molecule has 1 aromatic rings. The fraction of sp³-hybridized carbons (Fsp3) is 0.667. The van der Waals surface area contributed by atoms with Crippen molar-refractivity contribution in [3.63, 3.8) is 0 Å². The van der Waals surface area contributed by atoms with Crippen LogP contribution in [0.4, 0.5) is 0 Å². The summed E-state index contributed by atoms with van der Waals surface area (Å²) in [5.41, 5.74) is 0.391. The first-order valence-corrected chi connectivity index (χ1v) is 10.9. The summed E-state index contributed by atoms with van der Waals surface area (Å²) in [6.45, 7) is 11.5. The molecule has 1 N–H and O–H groups in total. The topological polar surface area (TPSA) is 76.1 Å². The van der Waals surface area contributed by atoms with Gasteiger partial charge in [-0.3, -0.25) is 14.5 Å². The maximum atomic E-state index is 13.1. The van der Waals surface area contributed by atoms with Crippen molar-refractivity contribution in [2.24, 2.45) is 5.92 Å². The van der Waals surface area contributed by atoms with Crippen LogP contribution in [0.3, 0.4) is 0 Å². The number of ether oxygens (including phenoxy) is 2. The Kier molecular flexibility index (Phi) is 8.44. The van der Waals surface area contributed by atoms with Crippen molar-refractivity contribution in [1.29, 1.82) is 0 Å². The number of hydrogen-bond acceptors (Lipinski definition) is 6. The Labute approximate surface area is 180 Å². The van der Waals surface area contributed by atoms with Crippen LogP contribution in [0.5, 0.6) is 0 Å². The first kappa shape index (κ1) is 24.4. The maximum absolute atomic E-state index is 13.1. The van der Waals surface area contributed by atoms with E-state index in [1.807, 2.05) is 76.8 Å². The number of carbonyl (C=O) groups is 2. The van der Waals surface area contributed by atoms with E-state index < -0.39 is 29.6 Å². The van der Waals surface area contributed by atoms with Gasteiger partial charge in [0.15, 0.2) is 0 Å². The SMILES string of the molecule is CCC(O)C(C(=O)OC(C)(C)C)[C@H]1CC[C@@H](C(=O)OC(C)C)N1Cc1ccccc1. The number of carbonyl (C=O) groups excluding carboxylic acids is 2. The molecule has 0 spiro atoms. The zero-order valence-electron chi connectivity index (χ0n) is 19.1. The molecule has 1 saturated heterocycles. The lowest BCUT2D eigenvalue weighted by atomic mass is 9.90. The second kappa shape index (κ2) is 10.4. The number of likely N-dealkylation sites (tertiary alicyclic amines) is 1. The minimum atomic E-state index is -0.844. The second-order valence-electron chi connectivity index (χ2n) is 9.34. The highest BCUT2D eigenvalue weighted by molar-refractivity contribution is 5.78. The molecule has 0 radical (unpaired) electrons. The lowest BCUT2D eigenvalue weighted by Crippen LogP contribution is -2.50. The van der Waals surface area contributed by atoms with E-state index in [0.29, 0.717) is 25.8 Å². The number of nitrogens with zero attached hydrogens (tertiary/aromatic N) is 1. The van der Waals surface area contributed by atoms with Crippen LogP contribution in [-0.2, 0) is 25.6 Å². The van der Waals surface area contributed by atoms with Gasteiger partial charge in [-0.2, -0.15) is 0 Å². The second-order valence-corrected chi connectivity index (χ2v) is 9.34. The van der Waals surface area contributed by atoms with Crippen LogP contribution < -0.4 is 0 Å². The molecular weight excluding hydrogens is 382 g/mol. The van der Waals surface area contributed by atoms with E-state index >= 15 is 0 Å². The number of aliphatic hydroxyl groups is 1. The molecule has 1 heterocycles. The van der Waals surface area contributed by atoms with Crippen LogP contribution in [0.15, 0.2) is 30.3 Å². The predicted molar refractivity (Wildman–Crippen MR) is 116 cm³/mol. The molecule has 2 rings (SSSR count). The van der Waals surface area contributed by atoms with Crippen molar-refractivity contribution in [3.8, 4) is 0 Å². The summed E-state index contributed by atoms with van der Waals surface area (Å²) >= 11 is 0. The third kappa shape index (κ3) is 6.54. The summed E-state index contributed by atoms with van der Waals surface area (Å²) in [6.07, 6.45) is 0.575. The van der Waals surface area contributed by atoms with E-state index in [9.17, 15) is 14.7 Å². The molecule has 168 valence electrons. The van der Waals surface area contributed by atoms with Gasteiger partial charge >= 0.3 is 11.9 Å². The zero-order valence-corrected chi connectivity index (χ0v) is 19.1. The molecule has 2 unspecified atom stereocenters. The van der Waals surface area contributed by atoms with Crippen molar-refractivity contribution >= 4 is 11.9 Å². The minimum absolute atomic E-state index is 0.210. The van der Waals surface area contributed by atoms with Crippen LogP contribution >= 0.6 is 0 Å². The van der Waals surface area contributed by atoms with Crippen molar-refractivity contribution in [2.75, 3.05) is 0 Å². The van der Waals surface area contributed by atoms with Crippen LogP contribution in [0.2, 0.25) is 0 Å². The Bertz CT molecular complexity index is 697. The molecule has 0 aromatic heterocycles. The summed E-state index contributed by atoms with van der Waals surface area (Å²) in [4.78, 5) is 27.9. The first-order valence-electron chi connectivity index (χ1n) is 10.9. The van der Waals surface area contributed by atoms with E-state index in [1.54, 1.807) is 0 Å². The van der Waals surface area contributed by atoms with Crippen molar-refractivity contribution in [2.45, 2.75) is 97.2 Å². The highest BCUT2D eigenvalue weighted by atomic mass is 16.6. The maximum Gasteiger partial charge on any atom is 0.323 e. The molecule has 0 amide bonds. The van der Waals surface area contributed by atoms with Crippen LogP contribution in [-0.4, -0.2) is 51.8 Å². The van der Waals surface area contributed by atoms with E-state index in [0.717, 1.165) is 5.56 Å². The Morgan fingerprint density at radius 1 is 1.17 bits per heavy atom. The lowest BCUT2D eigenvalue weighted by molar-refractivity contribution is -0.169. The van der Waals surface area contributed by atoms with E-state index in [2.05, 4.69) is 0 Å². The van der Waals surface area contributed by atoms with Crippen LogP contribution in [0, 0.1) is 5.92 Å². The third-order valence-electron chi connectivity index (χ3n) is 5.32. The first-order chi connectivity index (χ1) is 14.0. The van der Waals surface area contributed by atoms with Gasteiger partial charge in [-0.15, -0.1) is 0 Å². The highest BCUT2D eigenvalue weighted by Gasteiger charge is 2.47. The standard InChI is InChI=1S/C24H37NO5/c1-7-20(26)21(23(28)30-24(4,5)6)18-13-14-19(22(27)29-16(2)3)25(18)15-17-11-9-8-10-12-17/h8-12,16,18-21,26H,7,13-15H2,1-6H3/t18-,19+,20?,21?/m1/s1. The number of esters is 2. The fourth-order valence-corrected chi connectivity index (χ4v) is 4.06. The van der Waals surface area contributed by atoms with Gasteiger partial charge in [0.05, 0.1) is 18.1 Å². The van der Waals surface area contributed by atoms with Gasteiger partial charge in [-0.05, 0) is 59.4 Å². The van der Waals surface area contributed by atoms with Gasteiger partial charge in [0.1, 0.15) is 11.6 Å². The molecule has 0 saturated carbocycles. The molecule has 0 bridgehead atoms. The Hall–Kier alpha value is -1.92. The number of hydrogen-bond donors (Lipinski definition) is 1. The summed E-state index contributed by atoms with van der Waals surface area (Å²) in [7, 11) is 0. The largest absolute Gasteiger partial charge is 0.462 e. The van der Waals surface area contributed by atoms with Crippen molar-refractivity contribution in [1.82, 2.24) is 4.90 Å². The molecule has 1 aromatic carbocycles. The summed E-state index contributed by atoms with van der Waals surface area (Å²) in [5, 5.41) is 10.8. The average molecular weight is 420 g/mol. The molecule has 1 aliphatic rings. The summed E-state index contributed by atoms with van der Waals surface area (Å²) in [5.74, 6) is -1.43. The van der Waals surface area contributed by atoms with Crippen molar-refractivity contribution < 1.29 is 24.2 Å². The van der Waals surface area contributed by atoms with Gasteiger partial charge in [0.2, 0.25) is 0 Å².